The maximum Gasteiger partial charge on any atom is 0.253 e. The lowest BCUT2D eigenvalue weighted by Gasteiger charge is -2.09. The maximum absolute atomic E-state index is 13.1. The minimum absolute atomic E-state index is 0.122. The van der Waals surface area contributed by atoms with Crippen molar-refractivity contribution in [3.63, 3.8) is 0 Å². The highest BCUT2D eigenvalue weighted by atomic mass is 35.5. The van der Waals surface area contributed by atoms with Gasteiger partial charge in [0.1, 0.15) is 5.82 Å². The van der Waals surface area contributed by atoms with Gasteiger partial charge >= 0.3 is 0 Å². The summed E-state index contributed by atoms with van der Waals surface area (Å²) in [4.78, 5) is 11.9. The fraction of sp³-hybridized carbons (Fsp3) is 0.133. The number of benzene rings is 2. The van der Waals surface area contributed by atoms with E-state index in [-0.39, 0.29) is 11.3 Å². The van der Waals surface area contributed by atoms with Crippen LogP contribution < -0.4 is 11.1 Å². The van der Waals surface area contributed by atoms with E-state index < -0.39 is 11.7 Å². The minimum atomic E-state index is -0.505. The normalized spacial score (nSPS) is 10.4. The van der Waals surface area contributed by atoms with E-state index >= 15 is 0 Å². The van der Waals surface area contributed by atoms with E-state index in [0.717, 1.165) is 11.6 Å². The maximum atomic E-state index is 13.1. The number of carbonyl (C=O) groups is 1. The van der Waals surface area contributed by atoms with E-state index in [1.54, 1.807) is 18.2 Å². The van der Waals surface area contributed by atoms with Crippen LogP contribution in [0.25, 0.3) is 0 Å². The van der Waals surface area contributed by atoms with Crippen LogP contribution in [0.2, 0.25) is 10.0 Å². The molecule has 0 heterocycles. The van der Waals surface area contributed by atoms with Gasteiger partial charge in [0.15, 0.2) is 0 Å². The Labute approximate surface area is 131 Å². The molecule has 0 aliphatic carbocycles. The van der Waals surface area contributed by atoms with Gasteiger partial charge in [-0.15, -0.1) is 0 Å². The molecule has 3 N–H and O–H groups in total. The number of nitrogen functional groups attached to an aromatic ring is 1. The summed E-state index contributed by atoms with van der Waals surface area (Å²) in [6.07, 6.45) is 0.539. The molecule has 0 unspecified atom stereocenters. The average Bonchev–Trinajstić information content (AvgIpc) is 2.43. The molecule has 6 heteroatoms. The number of amides is 1. The second-order valence-electron chi connectivity index (χ2n) is 4.47. The molecule has 0 bridgehead atoms. The molecule has 2 aromatic carbocycles. The number of carbonyl (C=O) groups excluding carboxylic acids is 1. The first kappa shape index (κ1) is 15.6. The van der Waals surface area contributed by atoms with Crippen LogP contribution in [0, 0.1) is 5.82 Å². The highest BCUT2D eigenvalue weighted by Gasteiger charge is 2.10. The minimum Gasteiger partial charge on any atom is -0.398 e. The summed E-state index contributed by atoms with van der Waals surface area (Å²) in [5, 5.41) is 3.78. The van der Waals surface area contributed by atoms with E-state index in [4.69, 9.17) is 28.9 Å². The van der Waals surface area contributed by atoms with Gasteiger partial charge in [-0.1, -0.05) is 29.3 Å². The monoisotopic (exact) mass is 326 g/mol. The van der Waals surface area contributed by atoms with Gasteiger partial charge in [0.05, 0.1) is 5.56 Å². The zero-order chi connectivity index (χ0) is 15.4. The number of hydrogen-bond acceptors (Lipinski definition) is 2. The van der Waals surface area contributed by atoms with Gasteiger partial charge in [-0.2, -0.15) is 0 Å². The second-order valence-corrected chi connectivity index (χ2v) is 5.32. The molecule has 2 aromatic rings. The number of rotatable bonds is 4. The van der Waals surface area contributed by atoms with Crippen molar-refractivity contribution >= 4 is 34.8 Å². The van der Waals surface area contributed by atoms with Crippen molar-refractivity contribution in [3.8, 4) is 0 Å². The van der Waals surface area contributed by atoms with Crippen LogP contribution >= 0.6 is 23.2 Å². The molecule has 0 aliphatic rings. The standard InChI is InChI=1S/C15H13Cl2FN2O/c16-10-2-1-9(13(17)7-10)5-6-20-15(21)12-8-11(18)3-4-14(12)19/h1-4,7-8H,5-6,19H2,(H,20,21). The van der Waals surface area contributed by atoms with Gasteiger partial charge in [-0.05, 0) is 42.3 Å². The Balaban J connectivity index is 1.97. The Morgan fingerprint density at radius 1 is 1.19 bits per heavy atom. The summed E-state index contributed by atoms with van der Waals surface area (Å²) in [7, 11) is 0. The van der Waals surface area contributed by atoms with Gasteiger partial charge in [0.2, 0.25) is 0 Å². The third kappa shape index (κ3) is 4.09. The lowest BCUT2D eigenvalue weighted by Crippen LogP contribution is -2.26. The van der Waals surface area contributed by atoms with Crippen LogP contribution in [0.15, 0.2) is 36.4 Å². The SMILES string of the molecule is Nc1ccc(F)cc1C(=O)NCCc1ccc(Cl)cc1Cl. The molecular weight excluding hydrogens is 314 g/mol. The number of nitrogens with one attached hydrogen (secondary N) is 1. The Morgan fingerprint density at radius 3 is 2.67 bits per heavy atom. The quantitative estimate of drug-likeness (QED) is 0.842. The fourth-order valence-electron chi connectivity index (χ4n) is 1.86. The fourth-order valence-corrected chi connectivity index (χ4v) is 2.36. The zero-order valence-corrected chi connectivity index (χ0v) is 12.5. The van der Waals surface area contributed by atoms with E-state index in [9.17, 15) is 9.18 Å². The topological polar surface area (TPSA) is 55.1 Å². The van der Waals surface area contributed by atoms with Gasteiger partial charge in [-0.3, -0.25) is 4.79 Å². The summed E-state index contributed by atoms with van der Waals surface area (Å²) in [5.74, 6) is -0.924. The Hall–Kier alpha value is -1.78. The van der Waals surface area contributed by atoms with Crippen molar-refractivity contribution < 1.29 is 9.18 Å². The first-order valence-electron chi connectivity index (χ1n) is 6.24. The van der Waals surface area contributed by atoms with Crippen LogP contribution in [0.1, 0.15) is 15.9 Å². The largest absolute Gasteiger partial charge is 0.398 e. The molecule has 0 atom stereocenters. The molecule has 1 amide bonds. The van der Waals surface area contributed by atoms with Crippen molar-refractivity contribution in [2.75, 3.05) is 12.3 Å². The molecule has 0 fully saturated rings. The summed E-state index contributed by atoms with van der Waals surface area (Å²) in [6.45, 7) is 0.357. The summed E-state index contributed by atoms with van der Waals surface area (Å²) < 4.78 is 13.1. The van der Waals surface area contributed by atoms with Crippen LogP contribution in [0.3, 0.4) is 0 Å². The number of nitrogens with two attached hydrogens (primary N) is 1. The molecule has 3 nitrogen and oxygen atoms in total. The molecular formula is C15H13Cl2FN2O. The zero-order valence-electron chi connectivity index (χ0n) is 11.0. The first-order valence-corrected chi connectivity index (χ1v) is 7.00. The van der Waals surface area contributed by atoms with Gasteiger partial charge in [-0.25, -0.2) is 4.39 Å². The number of anilines is 1. The number of hydrogen-bond donors (Lipinski definition) is 2. The molecule has 21 heavy (non-hydrogen) atoms. The Bertz CT molecular complexity index is 677. The smallest absolute Gasteiger partial charge is 0.253 e. The Morgan fingerprint density at radius 2 is 1.95 bits per heavy atom. The predicted molar refractivity (Wildman–Crippen MR) is 83.3 cm³/mol. The highest BCUT2D eigenvalue weighted by molar-refractivity contribution is 6.35. The van der Waals surface area contributed by atoms with E-state index in [1.807, 2.05) is 0 Å². The van der Waals surface area contributed by atoms with E-state index in [2.05, 4.69) is 5.32 Å². The summed E-state index contributed by atoms with van der Waals surface area (Å²) in [5.41, 5.74) is 6.88. The third-order valence-electron chi connectivity index (χ3n) is 2.95. The molecule has 0 saturated carbocycles. The summed E-state index contributed by atoms with van der Waals surface area (Å²) in [6, 6.07) is 8.85. The lowest BCUT2D eigenvalue weighted by molar-refractivity contribution is 0.0954. The van der Waals surface area contributed by atoms with Crippen molar-refractivity contribution in [1.29, 1.82) is 0 Å². The molecule has 2 rings (SSSR count). The summed E-state index contributed by atoms with van der Waals surface area (Å²) >= 11 is 11.9. The molecule has 0 aliphatic heterocycles. The van der Waals surface area contributed by atoms with Crippen molar-refractivity contribution in [1.82, 2.24) is 5.32 Å². The lowest BCUT2D eigenvalue weighted by atomic mass is 10.1. The van der Waals surface area contributed by atoms with E-state index in [1.165, 1.54) is 12.1 Å². The van der Waals surface area contributed by atoms with Crippen molar-refractivity contribution in [2.45, 2.75) is 6.42 Å². The average molecular weight is 327 g/mol. The predicted octanol–water partition coefficient (Wildman–Crippen LogP) is 3.69. The molecule has 0 aromatic heterocycles. The van der Waals surface area contributed by atoms with Crippen LogP contribution in [0.5, 0.6) is 0 Å². The Kier molecular flexibility index (Phi) is 5.04. The third-order valence-corrected chi connectivity index (χ3v) is 3.54. The highest BCUT2D eigenvalue weighted by Crippen LogP contribution is 2.21. The van der Waals surface area contributed by atoms with Crippen LogP contribution in [0.4, 0.5) is 10.1 Å². The molecule has 0 saturated heterocycles. The van der Waals surface area contributed by atoms with Gasteiger partial charge in [0, 0.05) is 22.3 Å². The van der Waals surface area contributed by atoms with E-state index in [0.29, 0.717) is 23.0 Å². The molecule has 110 valence electrons. The van der Waals surface area contributed by atoms with Crippen LogP contribution in [-0.2, 0) is 6.42 Å². The number of halogens is 3. The molecule has 0 spiro atoms. The van der Waals surface area contributed by atoms with Gasteiger partial charge in [0.25, 0.3) is 5.91 Å². The molecule has 0 radical (unpaired) electrons. The van der Waals surface area contributed by atoms with Crippen molar-refractivity contribution in [3.05, 3.63) is 63.4 Å². The van der Waals surface area contributed by atoms with Crippen LogP contribution in [-0.4, -0.2) is 12.5 Å². The second kappa shape index (κ2) is 6.78. The van der Waals surface area contributed by atoms with Crippen molar-refractivity contribution in [2.24, 2.45) is 0 Å². The van der Waals surface area contributed by atoms with Gasteiger partial charge < -0.3 is 11.1 Å². The first-order chi connectivity index (χ1) is 9.97.